The van der Waals surface area contributed by atoms with Crippen molar-refractivity contribution in [2.24, 2.45) is 10.7 Å². The van der Waals surface area contributed by atoms with Crippen molar-refractivity contribution in [3.8, 4) is 22.9 Å². The number of nitrogens with zero attached hydrogens (tertiary/aromatic N) is 2. The first-order chi connectivity index (χ1) is 8.80. The Bertz CT molecular complexity index is 605. The fraction of sp³-hybridized carbons (Fsp3) is 0.0769. The molecule has 1 aromatic carbocycles. The minimum Gasteiger partial charge on any atom is -0.497 e. The summed E-state index contributed by atoms with van der Waals surface area (Å²) in [6, 6.07) is 9.58. The van der Waals surface area contributed by atoms with Gasteiger partial charge in [0.2, 0.25) is 0 Å². The highest BCUT2D eigenvalue weighted by atomic mass is 16.5. The van der Waals surface area contributed by atoms with E-state index in [2.05, 4.69) is 16.0 Å². The highest BCUT2D eigenvalue weighted by molar-refractivity contribution is 5.77. The number of hydrogen-bond donors (Lipinski definition) is 2. The molecule has 18 heavy (non-hydrogen) atoms. The fourth-order valence-electron chi connectivity index (χ4n) is 1.70. The minimum absolute atomic E-state index is 0.464. The van der Waals surface area contributed by atoms with Gasteiger partial charge in [-0.3, -0.25) is 0 Å². The first kappa shape index (κ1) is 11.7. The first-order valence-corrected chi connectivity index (χ1v) is 5.30. The monoisotopic (exact) mass is 240 g/mol. The molecule has 0 aliphatic heterocycles. The Morgan fingerprint density at radius 1 is 1.39 bits per heavy atom. The van der Waals surface area contributed by atoms with Crippen LogP contribution in [0.5, 0.6) is 5.75 Å². The SMILES string of the molecule is COc1ccc(-c2c[nH]c(/N=C\N)c2C#N)cc1. The predicted molar refractivity (Wildman–Crippen MR) is 69.8 cm³/mol. The molecule has 0 bridgehead atoms. The van der Waals surface area contributed by atoms with Crippen LogP contribution in [0.25, 0.3) is 11.1 Å². The average molecular weight is 240 g/mol. The first-order valence-electron chi connectivity index (χ1n) is 5.30. The molecule has 3 N–H and O–H groups in total. The molecule has 0 spiro atoms. The molecule has 5 heteroatoms. The van der Waals surface area contributed by atoms with Crippen molar-refractivity contribution < 1.29 is 4.74 Å². The van der Waals surface area contributed by atoms with Gasteiger partial charge in [-0.2, -0.15) is 5.26 Å². The van der Waals surface area contributed by atoms with Crippen LogP contribution in [0.15, 0.2) is 35.5 Å². The van der Waals surface area contributed by atoms with Gasteiger partial charge < -0.3 is 15.5 Å². The zero-order valence-electron chi connectivity index (χ0n) is 9.84. The molecule has 2 rings (SSSR count). The van der Waals surface area contributed by atoms with Gasteiger partial charge in [-0.1, -0.05) is 12.1 Å². The van der Waals surface area contributed by atoms with Crippen LogP contribution in [0, 0.1) is 11.3 Å². The van der Waals surface area contributed by atoms with Crippen molar-refractivity contribution in [2.45, 2.75) is 0 Å². The van der Waals surface area contributed by atoms with Gasteiger partial charge in [0.05, 0.1) is 13.4 Å². The summed E-state index contributed by atoms with van der Waals surface area (Å²) in [5.41, 5.74) is 7.42. The van der Waals surface area contributed by atoms with Gasteiger partial charge in [0.25, 0.3) is 0 Å². The van der Waals surface area contributed by atoms with E-state index in [4.69, 9.17) is 15.7 Å². The van der Waals surface area contributed by atoms with E-state index in [0.29, 0.717) is 11.4 Å². The maximum absolute atomic E-state index is 9.17. The zero-order chi connectivity index (χ0) is 13.0. The summed E-state index contributed by atoms with van der Waals surface area (Å²) in [5, 5.41) is 9.17. The van der Waals surface area contributed by atoms with Gasteiger partial charge in [-0.15, -0.1) is 0 Å². The van der Waals surface area contributed by atoms with E-state index in [1.807, 2.05) is 24.3 Å². The Morgan fingerprint density at radius 2 is 2.11 bits per heavy atom. The molecule has 0 saturated heterocycles. The van der Waals surface area contributed by atoms with E-state index in [9.17, 15) is 0 Å². The molecule has 0 atom stereocenters. The lowest BCUT2D eigenvalue weighted by atomic mass is 10.0. The maximum atomic E-state index is 9.17. The number of ether oxygens (including phenoxy) is 1. The molecule has 2 aromatic rings. The number of benzene rings is 1. The highest BCUT2D eigenvalue weighted by Gasteiger charge is 2.11. The second-order valence-corrected chi connectivity index (χ2v) is 3.54. The molecule has 0 saturated carbocycles. The van der Waals surface area contributed by atoms with E-state index < -0.39 is 0 Å². The number of methoxy groups -OCH3 is 1. The standard InChI is InChI=1S/C13H12N4O/c1-18-10-4-2-9(3-5-10)12-7-16-13(17-8-15)11(12)6-14/h2-5,7-8,16H,1H3,(H2,15,17). The summed E-state index contributed by atoms with van der Waals surface area (Å²) in [6.07, 6.45) is 2.90. The summed E-state index contributed by atoms with van der Waals surface area (Å²) in [6.45, 7) is 0. The Morgan fingerprint density at radius 3 is 2.67 bits per heavy atom. The second-order valence-electron chi connectivity index (χ2n) is 3.54. The number of aromatic amines is 1. The summed E-state index contributed by atoms with van der Waals surface area (Å²) in [5.74, 6) is 1.24. The Kier molecular flexibility index (Phi) is 3.30. The fourth-order valence-corrected chi connectivity index (χ4v) is 1.70. The number of rotatable bonds is 3. The van der Waals surface area contributed by atoms with Gasteiger partial charge in [0, 0.05) is 11.8 Å². The Hall–Kier alpha value is -2.74. The molecule has 0 radical (unpaired) electrons. The van der Waals surface area contributed by atoms with Crippen molar-refractivity contribution in [1.82, 2.24) is 4.98 Å². The largest absolute Gasteiger partial charge is 0.497 e. The van der Waals surface area contributed by atoms with Gasteiger partial charge in [-0.05, 0) is 17.7 Å². The van der Waals surface area contributed by atoms with Crippen LogP contribution >= 0.6 is 0 Å². The number of nitrogens with one attached hydrogen (secondary N) is 1. The average Bonchev–Trinajstić information content (AvgIpc) is 2.82. The van der Waals surface area contributed by atoms with Crippen molar-refractivity contribution in [2.75, 3.05) is 7.11 Å². The van der Waals surface area contributed by atoms with E-state index in [1.54, 1.807) is 13.3 Å². The molecular formula is C13H12N4O. The van der Waals surface area contributed by atoms with Crippen LogP contribution in [0.2, 0.25) is 0 Å². The lowest BCUT2D eigenvalue weighted by molar-refractivity contribution is 0.415. The number of aliphatic imine (C=N–C) groups is 1. The maximum Gasteiger partial charge on any atom is 0.150 e. The van der Waals surface area contributed by atoms with Gasteiger partial charge >= 0.3 is 0 Å². The number of nitriles is 1. The number of hydrogen-bond acceptors (Lipinski definition) is 3. The lowest BCUT2D eigenvalue weighted by Gasteiger charge is -2.02. The summed E-state index contributed by atoms with van der Waals surface area (Å²) in [7, 11) is 1.61. The van der Waals surface area contributed by atoms with E-state index in [1.165, 1.54) is 0 Å². The smallest absolute Gasteiger partial charge is 0.150 e. The van der Waals surface area contributed by atoms with E-state index in [-0.39, 0.29) is 0 Å². The van der Waals surface area contributed by atoms with Crippen molar-refractivity contribution in [1.29, 1.82) is 5.26 Å². The van der Waals surface area contributed by atoms with Crippen LogP contribution in [0.4, 0.5) is 5.82 Å². The number of aromatic nitrogens is 1. The molecule has 0 amide bonds. The third-order valence-corrected chi connectivity index (χ3v) is 2.58. The van der Waals surface area contributed by atoms with Crippen LogP contribution in [0.3, 0.4) is 0 Å². The molecular weight excluding hydrogens is 228 g/mol. The van der Waals surface area contributed by atoms with Crippen LogP contribution in [-0.4, -0.2) is 18.4 Å². The Labute approximate surface area is 105 Å². The summed E-state index contributed by atoms with van der Waals surface area (Å²) >= 11 is 0. The Balaban J connectivity index is 2.47. The third-order valence-electron chi connectivity index (χ3n) is 2.58. The minimum atomic E-state index is 0.464. The van der Waals surface area contributed by atoms with Crippen LogP contribution in [-0.2, 0) is 0 Å². The molecule has 0 aliphatic rings. The van der Waals surface area contributed by atoms with E-state index >= 15 is 0 Å². The molecule has 90 valence electrons. The molecule has 0 fully saturated rings. The normalized spacial score (nSPS) is 10.4. The van der Waals surface area contributed by atoms with Crippen molar-refractivity contribution in [3.05, 3.63) is 36.0 Å². The predicted octanol–water partition coefficient (Wildman–Crippen LogP) is 2.18. The molecule has 1 heterocycles. The van der Waals surface area contributed by atoms with Crippen LogP contribution in [0.1, 0.15) is 5.56 Å². The number of H-pyrrole nitrogens is 1. The van der Waals surface area contributed by atoms with Gasteiger partial charge in [0.1, 0.15) is 23.2 Å². The lowest BCUT2D eigenvalue weighted by Crippen LogP contribution is -1.87. The van der Waals surface area contributed by atoms with Gasteiger partial charge in [0.15, 0.2) is 0 Å². The number of nitrogens with two attached hydrogens (primary N) is 1. The summed E-state index contributed by atoms with van der Waals surface area (Å²) in [4.78, 5) is 6.83. The topological polar surface area (TPSA) is 87.2 Å². The zero-order valence-corrected chi connectivity index (χ0v) is 9.84. The highest BCUT2D eigenvalue weighted by Crippen LogP contribution is 2.30. The molecule has 1 aromatic heterocycles. The third kappa shape index (κ3) is 2.04. The van der Waals surface area contributed by atoms with Gasteiger partial charge in [-0.25, -0.2) is 4.99 Å². The van der Waals surface area contributed by atoms with Crippen LogP contribution < -0.4 is 10.5 Å². The summed E-state index contributed by atoms with van der Waals surface area (Å²) < 4.78 is 5.09. The second kappa shape index (κ2) is 5.06. The quantitative estimate of drug-likeness (QED) is 0.636. The molecule has 0 aliphatic carbocycles. The van der Waals surface area contributed by atoms with Crippen molar-refractivity contribution >= 4 is 12.2 Å². The molecule has 0 unspecified atom stereocenters. The van der Waals surface area contributed by atoms with E-state index in [0.717, 1.165) is 23.2 Å². The molecule has 5 nitrogen and oxygen atoms in total. The van der Waals surface area contributed by atoms with Crippen molar-refractivity contribution in [3.63, 3.8) is 0 Å².